The van der Waals surface area contributed by atoms with Crippen molar-refractivity contribution in [2.45, 2.75) is 20.3 Å². The Morgan fingerprint density at radius 1 is 1.21 bits per heavy atom. The van der Waals surface area contributed by atoms with Crippen molar-refractivity contribution in [1.29, 1.82) is 0 Å². The molecule has 0 rings (SSSR count). The lowest BCUT2D eigenvalue weighted by Gasteiger charge is -1.97. The highest BCUT2D eigenvalue weighted by molar-refractivity contribution is 6.32. The molecule has 6 nitrogen and oxygen atoms in total. The molecule has 0 fully saturated rings. The van der Waals surface area contributed by atoms with Crippen LogP contribution in [0.15, 0.2) is 0 Å². The van der Waals surface area contributed by atoms with Crippen molar-refractivity contribution in [3.8, 4) is 0 Å². The Labute approximate surface area is 81.7 Å². The minimum Gasteiger partial charge on any atom is -0.480 e. The quantitative estimate of drug-likeness (QED) is 0.543. The van der Waals surface area contributed by atoms with Crippen molar-refractivity contribution in [2.24, 2.45) is 11.7 Å². The predicted molar refractivity (Wildman–Crippen MR) is 48.8 cm³/mol. The van der Waals surface area contributed by atoms with Gasteiger partial charge in [0.25, 0.3) is 0 Å². The van der Waals surface area contributed by atoms with E-state index in [0.717, 1.165) is 0 Å². The Balaban J connectivity index is 0. The number of ketones is 1. The smallest absolute Gasteiger partial charge is 0.372 e. The topological polar surface area (TPSA) is 118 Å². The number of aliphatic carboxylic acids is 2. The third-order valence-corrected chi connectivity index (χ3v) is 1.01. The Kier molecular flexibility index (Phi) is 8.80. The third kappa shape index (κ3) is 13.2. The number of hydrogen-bond donors (Lipinski definition) is 3. The summed E-state index contributed by atoms with van der Waals surface area (Å²) in [4.78, 5) is 29.5. The molecule has 0 aromatic rings. The molecule has 0 atom stereocenters. The van der Waals surface area contributed by atoms with E-state index in [-0.39, 0.29) is 18.9 Å². The van der Waals surface area contributed by atoms with Crippen LogP contribution in [0.2, 0.25) is 0 Å². The Morgan fingerprint density at radius 3 is 1.64 bits per heavy atom. The molecule has 0 aliphatic rings. The number of rotatable bonds is 4. The van der Waals surface area contributed by atoms with Crippen LogP contribution < -0.4 is 5.73 Å². The van der Waals surface area contributed by atoms with E-state index in [9.17, 15) is 14.4 Å². The highest BCUT2D eigenvalue weighted by atomic mass is 16.4. The van der Waals surface area contributed by atoms with Crippen molar-refractivity contribution >= 4 is 17.7 Å². The van der Waals surface area contributed by atoms with E-state index in [1.165, 1.54) is 0 Å². The van der Waals surface area contributed by atoms with Gasteiger partial charge in [0.1, 0.15) is 0 Å². The summed E-state index contributed by atoms with van der Waals surface area (Å²) in [5.41, 5.74) is 4.57. The van der Waals surface area contributed by atoms with Crippen LogP contribution in [0.25, 0.3) is 0 Å². The SMILES string of the molecule is CC(C)CC(=O)C(=O)O.NCC(=O)O. The molecule has 0 unspecified atom stereocenters. The number of carbonyl (C=O) groups is 3. The average molecular weight is 205 g/mol. The number of Topliss-reactive ketones (excluding diaryl/α,β-unsaturated/α-hetero) is 1. The number of carboxylic acid groups (broad SMARTS) is 2. The van der Waals surface area contributed by atoms with Crippen LogP contribution in [0, 0.1) is 5.92 Å². The van der Waals surface area contributed by atoms with Crippen molar-refractivity contribution in [3.63, 3.8) is 0 Å². The maximum absolute atomic E-state index is 10.4. The molecule has 82 valence electrons. The van der Waals surface area contributed by atoms with Gasteiger partial charge in [-0.2, -0.15) is 0 Å². The second-order valence-corrected chi connectivity index (χ2v) is 2.92. The Bertz CT molecular complexity index is 212. The second kappa shape index (κ2) is 8.18. The van der Waals surface area contributed by atoms with E-state index in [1.807, 2.05) is 0 Å². The van der Waals surface area contributed by atoms with Gasteiger partial charge in [-0.3, -0.25) is 9.59 Å². The lowest BCUT2D eigenvalue weighted by atomic mass is 10.1. The van der Waals surface area contributed by atoms with Crippen molar-refractivity contribution in [3.05, 3.63) is 0 Å². The summed E-state index contributed by atoms with van der Waals surface area (Å²) in [6.45, 7) is 3.34. The summed E-state index contributed by atoms with van der Waals surface area (Å²) in [7, 11) is 0. The zero-order valence-corrected chi connectivity index (χ0v) is 8.19. The van der Waals surface area contributed by atoms with Crippen LogP contribution in [-0.4, -0.2) is 34.5 Å². The van der Waals surface area contributed by atoms with Gasteiger partial charge in [-0.05, 0) is 5.92 Å². The van der Waals surface area contributed by atoms with E-state index in [0.29, 0.717) is 0 Å². The average Bonchev–Trinajstić information content (AvgIpc) is 2.04. The maximum atomic E-state index is 10.4. The molecule has 0 amide bonds. The van der Waals surface area contributed by atoms with Gasteiger partial charge in [-0.1, -0.05) is 13.8 Å². The summed E-state index contributed by atoms with van der Waals surface area (Å²) in [5, 5.41) is 15.7. The van der Waals surface area contributed by atoms with Gasteiger partial charge in [0.2, 0.25) is 5.78 Å². The van der Waals surface area contributed by atoms with Gasteiger partial charge >= 0.3 is 11.9 Å². The Hall–Kier alpha value is -1.43. The van der Waals surface area contributed by atoms with Crippen LogP contribution in [0.3, 0.4) is 0 Å². The molecule has 0 aliphatic carbocycles. The standard InChI is InChI=1S/C6H10O3.C2H5NO2/c1-4(2)3-5(7)6(8)9;3-1-2(4)5/h4H,3H2,1-2H3,(H,8,9);1,3H2,(H,4,5). The molecular weight excluding hydrogens is 190 g/mol. The van der Waals surface area contributed by atoms with Gasteiger partial charge in [0.15, 0.2) is 0 Å². The zero-order chi connectivity index (χ0) is 11.7. The first-order valence-electron chi connectivity index (χ1n) is 3.99. The van der Waals surface area contributed by atoms with Gasteiger partial charge in [-0.25, -0.2) is 4.79 Å². The molecule has 0 aromatic heterocycles. The molecule has 0 heterocycles. The molecular formula is C8H15NO5. The van der Waals surface area contributed by atoms with Gasteiger partial charge in [-0.15, -0.1) is 0 Å². The zero-order valence-electron chi connectivity index (χ0n) is 8.19. The number of nitrogens with two attached hydrogens (primary N) is 1. The van der Waals surface area contributed by atoms with Gasteiger partial charge in [0.05, 0.1) is 6.54 Å². The summed E-state index contributed by atoms with van der Waals surface area (Å²) in [5.74, 6) is -2.87. The summed E-state index contributed by atoms with van der Waals surface area (Å²) in [6, 6.07) is 0. The van der Waals surface area contributed by atoms with Crippen LogP contribution in [0.4, 0.5) is 0 Å². The number of hydrogen-bond acceptors (Lipinski definition) is 4. The molecule has 0 bridgehead atoms. The van der Waals surface area contributed by atoms with E-state index in [2.05, 4.69) is 5.73 Å². The highest BCUT2D eigenvalue weighted by Crippen LogP contribution is 1.99. The van der Waals surface area contributed by atoms with Gasteiger partial charge in [0, 0.05) is 6.42 Å². The monoisotopic (exact) mass is 205 g/mol. The summed E-state index contributed by atoms with van der Waals surface area (Å²) in [6.07, 6.45) is 0.134. The third-order valence-electron chi connectivity index (χ3n) is 1.01. The largest absolute Gasteiger partial charge is 0.480 e. The first kappa shape index (κ1) is 15.1. The molecule has 0 saturated carbocycles. The van der Waals surface area contributed by atoms with E-state index < -0.39 is 17.7 Å². The number of carboxylic acids is 2. The molecule has 6 heteroatoms. The first-order chi connectivity index (χ1) is 6.31. The van der Waals surface area contributed by atoms with E-state index in [1.54, 1.807) is 13.8 Å². The lowest BCUT2D eigenvalue weighted by Crippen LogP contribution is -2.14. The molecule has 0 radical (unpaired) electrons. The number of carbonyl (C=O) groups excluding carboxylic acids is 1. The molecule has 0 aliphatic heterocycles. The van der Waals surface area contributed by atoms with Crippen molar-refractivity contribution < 1.29 is 24.6 Å². The van der Waals surface area contributed by atoms with Crippen molar-refractivity contribution in [1.82, 2.24) is 0 Å². The molecule has 4 N–H and O–H groups in total. The maximum Gasteiger partial charge on any atom is 0.372 e. The molecule has 0 aromatic carbocycles. The summed E-state index contributed by atoms with van der Waals surface area (Å²) >= 11 is 0. The van der Waals surface area contributed by atoms with Gasteiger partial charge < -0.3 is 15.9 Å². The van der Waals surface area contributed by atoms with Crippen molar-refractivity contribution in [2.75, 3.05) is 6.54 Å². The fourth-order valence-electron chi connectivity index (χ4n) is 0.458. The Morgan fingerprint density at radius 2 is 1.57 bits per heavy atom. The fraction of sp³-hybridized carbons (Fsp3) is 0.625. The van der Waals surface area contributed by atoms with Crippen LogP contribution in [0.5, 0.6) is 0 Å². The molecule has 14 heavy (non-hydrogen) atoms. The molecule has 0 saturated heterocycles. The molecule has 0 spiro atoms. The first-order valence-corrected chi connectivity index (χ1v) is 3.99. The van der Waals surface area contributed by atoms with Crippen LogP contribution in [0.1, 0.15) is 20.3 Å². The lowest BCUT2D eigenvalue weighted by molar-refractivity contribution is -0.149. The fourth-order valence-corrected chi connectivity index (χ4v) is 0.458. The van der Waals surface area contributed by atoms with Crippen LogP contribution >= 0.6 is 0 Å². The van der Waals surface area contributed by atoms with E-state index in [4.69, 9.17) is 10.2 Å². The normalized spacial score (nSPS) is 8.86. The second-order valence-electron chi connectivity index (χ2n) is 2.92. The minimum atomic E-state index is -1.33. The van der Waals surface area contributed by atoms with E-state index >= 15 is 0 Å². The minimum absolute atomic E-state index is 0.133. The highest BCUT2D eigenvalue weighted by Gasteiger charge is 2.11. The summed E-state index contributed by atoms with van der Waals surface area (Å²) < 4.78 is 0. The van der Waals surface area contributed by atoms with Crippen LogP contribution in [-0.2, 0) is 14.4 Å². The predicted octanol–water partition coefficient (Wildman–Crippen LogP) is -0.284.